The van der Waals surface area contributed by atoms with Crippen LogP contribution in [0.1, 0.15) is 30.7 Å². The van der Waals surface area contributed by atoms with Crippen LogP contribution in [0.2, 0.25) is 5.02 Å². The molecule has 20 heavy (non-hydrogen) atoms. The fraction of sp³-hybridized carbons (Fsp3) is 0.357. The van der Waals surface area contributed by atoms with Gasteiger partial charge in [-0.05, 0) is 30.0 Å². The highest BCUT2D eigenvalue weighted by Crippen LogP contribution is 2.48. The molecule has 2 atom stereocenters. The highest BCUT2D eigenvalue weighted by molar-refractivity contribution is 6.30. The van der Waals surface area contributed by atoms with E-state index in [-0.39, 0.29) is 24.7 Å². The van der Waals surface area contributed by atoms with E-state index in [0.717, 1.165) is 5.56 Å². The number of hydroxylamine groups is 2. The zero-order chi connectivity index (χ0) is 14.3. The summed E-state index contributed by atoms with van der Waals surface area (Å²) in [5.41, 5.74) is 1.01. The Morgan fingerprint density at radius 2 is 1.75 bits per heavy atom. The number of hydrogen-bond acceptors (Lipinski definition) is 4. The molecule has 1 saturated heterocycles. The number of halogens is 1. The highest BCUT2D eigenvalue weighted by Gasteiger charge is 2.47. The monoisotopic (exact) mass is 293 g/mol. The van der Waals surface area contributed by atoms with Gasteiger partial charge in [-0.25, -0.2) is 4.79 Å². The van der Waals surface area contributed by atoms with Crippen LogP contribution in [0.5, 0.6) is 0 Å². The first kappa shape index (κ1) is 13.1. The normalized spacial score (nSPS) is 24.9. The van der Waals surface area contributed by atoms with Crippen LogP contribution in [0.15, 0.2) is 24.3 Å². The molecule has 1 heterocycles. The van der Waals surface area contributed by atoms with Crippen LogP contribution in [0.4, 0.5) is 0 Å². The fourth-order valence-corrected chi connectivity index (χ4v) is 2.48. The van der Waals surface area contributed by atoms with E-state index >= 15 is 0 Å². The molecule has 0 spiro atoms. The van der Waals surface area contributed by atoms with Crippen LogP contribution in [0.3, 0.4) is 0 Å². The third-order valence-electron chi connectivity index (χ3n) is 3.58. The van der Waals surface area contributed by atoms with Gasteiger partial charge >= 0.3 is 5.97 Å². The van der Waals surface area contributed by atoms with Gasteiger partial charge in [-0.15, -0.1) is 5.06 Å². The van der Waals surface area contributed by atoms with E-state index in [2.05, 4.69) is 0 Å². The minimum Gasteiger partial charge on any atom is -0.330 e. The third-order valence-corrected chi connectivity index (χ3v) is 3.83. The van der Waals surface area contributed by atoms with E-state index in [9.17, 15) is 14.4 Å². The number of benzene rings is 1. The van der Waals surface area contributed by atoms with Crippen molar-refractivity contribution >= 4 is 29.4 Å². The molecule has 0 unspecified atom stereocenters. The molecule has 6 heteroatoms. The van der Waals surface area contributed by atoms with Gasteiger partial charge in [-0.2, -0.15) is 0 Å². The molecule has 1 aromatic carbocycles. The maximum atomic E-state index is 11.9. The zero-order valence-electron chi connectivity index (χ0n) is 10.5. The van der Waals surface area contributed by atoms with E-state index in [4.69, 9.17) is 16.4 Å². The van der Waals surface area contributed by atoms with E-state index in [1.807, 2.05) is 12.1 Å². The highest BCUT2D eigenvalue weighted by atomic mass is 35.5. The molecule has 2 aliphatic rings. The van der Waals surface area contributed by atoms with Crippen molar-refractivity contribution < 1.29 is 19.2 Å². The Labute approximate surface area is 120 Å². The largest absolute Gasteiger partial charge is 0.336 e. The van der Waals surface area contributed by atoms with Gasteiger partial charge in [0.1, 0.15) is 0 Å². The lowest BCUT2D eigenvalue weighted by atomic mass is 10.1. The topological polar surface area (TPSA) is 63.7 Å². The third kappa shape index (κ3) is 2.41. The number of imide groups is 1. The predicted octanol–water partition coefficient (Wildman–Crippen LogP) is 2.05. The maximum Gasteiger partial charge on any atom is 0.336 e. The molecule has 0 radical (unpaired) electrons. The summed E-state index contributed by atoms with van der Waals surface area (Å²) in [7, 11) is 0. The second-order valence-electron chi connectivity index (χ2n) is 4.99. The van der Waals surface area contributed by atoms with Gasteiger partial charge in [-0.1, -0.05) is 23.7 Å². The molecule has 3 rings (SSSR count). The molecule has 1 saturated carbocycles. The SMILES string of the molecule is O=C(ON1C(=O)CCC1=O)[C@@H]1C[C@H]1c1ccc(Cl)cc1. The molecule has 1 aliphatic heterocycles. The lowest BCUT2D eigenvalue weighted by molar-refractivity contribution is -0.198. The summed E-state index contributed by atoms with van der Waals surface area (Å²) in [5.74, 6) is -1.64. The maximum absolute atomic E-state index is 11.9. The van der Waals surface area contributed by atoms with Crippen LogP contribution in [-0.4, -0.2) is 22.8 Å². The summed E-state index contributed by atoms with van der Waals surface area (Å²) in [5, 5.41) is 1.24. The van der Waals surface area contributed by atoms with Crippen molar-refractivity contribution in [2.45, 2.75) is 25.2 Å². The van der Waals surface area contributed by atoms with Gasteiger partial charge in [0, 0.05) is 17.9 Å². The Morgan fingerprint density at radius 3 is 2.35 bits per heavy atom. The van der Waals surface area contributed by atoms with Crippen molar-refractivity contribution in [3.05, 3.63) is 34.9 Å². The summed E-state index contributed by atoms with van der Waals surface area (Å²) >= 11 is 5.81. The Morgan fingerprint density at radius 1 is 1.15 bits per heavy atom. The number of amides is 2. The van der Waals surface area contributed by atoms with Gasteiger partial charge < -0.3 is 4.84 Å². The summed E-state index contributed by atoms with van der Waals surface area (Å²) < 4.78 is 0. The molecule has 1 aliphatic carbocycles. The number of hydrogen-bond donors (Lipinski definition) is 0. The average molecular weight is 294 g/mol. The molecule has 2 amide bonds. The quantitative estimate of drug-likeness (QED) is 0.800. The first-order valence-electron chi connectivity index (χ1n) is 6.39. The smallest absolute Gasteiger partial charge is 0.330 e. The molecular formula is C14H12ClNO4. The van der Waals surface area contributed by atoms with Gasteiger partial charge in [0.25, 0.3) is 11.8 Å². The molecule has 0 aromatic heterocycles. The van der Waals surface area contributed by atoms with Crippen molar-refractivity contribution in [3.63, 3.8) is 0 Å². The molecule has 1 aromatic rings. The minimum atomic E-state index is -0.520. The number of rotatable bonds is 3. The van der Waals surface area contributed by atoms with E-state index in [1.165, 1.54) is 0 Å². The van der Waals surface area contributed by atoms with Gasteiger partial charge in [0.05, 0.1) is 5.92 Å². The van der Waals surface area contributed by atoms with Crippen molar-refractivity contribution in [1.82, 2.24) is 5.06 Å². The first-order valence-corrected chi connectivity index (χ1v) is 6.77. The number of nitrogens with zero attached hydrogens (tertiary/aromatic N) is 1. The van der Waals surface area contributed by atoms with E-state index in [1.54, 1.807) is 12.1 Å². The summed E-state index contributed by atoms with van der Waals surface area (Å²) in [6, 6.07) is 7.27. The Bertz CT molecular complexity index is 567. The minimum absolute atomic E-state index is 0.0765. The summed E-state index contributed by atoms with van der Waals surface area (Å²) in [4.78, 5) is 39.5. The lowest BCUT2D eigenvalue weighted by Gasteiger charge is -2.12. The Kier molecular flexibility index (Phi) is 3.22. The van der Waals surface area contributed by atoms with Gasteiger partial charge in [0.2, 0.25) is 0 Å². The van der Waals surface area contributed by atoms with Crippen LogP contribution in [0.25, 0.3) is 0 Å². The second kappa shape index (κ2) is 4.90. The summed E-state index contributed by atoms with van der Waals surface area (Å²) in [6.45, 7) is 0. The van der Waals surface area contributed by atoms with Crippen molar-refractivity contribution in [2.24, 2.45) is 5.92 Å². The molecule has 5 nitrogen and oxygen atoms in total. The van der Waals surface area contributed by atoms with Crippen molar-refractivity contribution in [3.8, 4) is 0 Å². The van der Waals surface area contributed by atoms with Crippen molar-refractivity contribution in [1.29, 1.82) is 0 Å². The molecule has 0 bridgehead atoms. The van der Waals surface area contributed by atoms with Gasteiger partial charge in [-0.3, -0.25) is 9.59 Å². The standard InChI is InChI=1S/C14H12ClNO4/c15-9-3-1-8(2-4-9)10-7-11(10)14(19)20-16-12(17)5-6-13(16)18/h1-4,10-11H,5-7H2/t10-,11+/m0/s1. The zero-order valence-corrected chi connectivity index (χ0v) is 11.3. The lowest BCUT2D eigenvalue weighted by Crippen LogP contribution is -2.32. The summed E-state index contributed by atoms with van der Waals surface area (Å²) in [6.07, 6.45) is 0.880. The van der Waals surface area contributed by atoms with Crippen LogP contribution >= 0.6 is 11.6 Å². The molecule has 104 valence electrons. The van der Waals surface area contributed by atoms with Crippen LogP contribution in [0, 0.1) is 5.92 Å². The second-order valence-corrected chi connectivity index (χ2v) is 5.43. The fourth-order valence-electron chi connectivity index (χ4n) is 2.35. The molecule has 2 fully saturated rings. The van der Waals surface area contributed by atoms with E-state index < -0.39 is 17.8 Å². The number of carbonyl (C=O) groups is 3. The Balaban J connectivity index is 1.61. The first-order chi connectivity index (χ1) is 9.56. The van der Waals surface area contributed by atoms with Crippen molar-refractivity contribution in [2.75, 3.05) is 0 Å². The predicted molar refractivity (Wildman–Crippen MR) is 69.5 cm³/mol. The van der Waals surface area contributed by atoms with Crippen LogP contribution in [-0.2, 0) is 19.2 Å². The number of carbonyl (C=O) groups excluding carboxylic acids is 3. The average Bonchev–Trinajstić information content (AvgIpc) is 3.17. The molecule has 0 N–H and O–H groups in total. The molecular weight excluding hydrogens is 282 g/mol. The van der Waals surface area contributed by atoms with Crippen LogP contribution < -0.4 is 0 Å². The van der Waals surface area contributed by atoms with Gasteiger partial charge in [0.15, 0.2) is 0 Å². The van der Waals surface area contributed by atoms with E-state index in [0.29, 0.717) is 16.5 Å². The Hall–Kier alpha value is -1.88.